The van der Waals surface area contributed by atoms with E-state index in [-0.39, 0.29) is 11.5 Å². The normalized spacial score (nSPS) is 13.5. The number of hydrogen-bond acceptors (Lipinski definition) is 4. The highest BCUT2D eigenvalue weighted by Gasteiger charge is 2.16. The lowest BCUT2D eigenvalue weighted by Crippen LogP contribution is -2.21. The molecule has 1 aromatic carbocycles. The Morgan fingerprint density at radius 1 is 1.32 bits per heavy atom. The van der Waals surface area contributed by atoms with Crippen LogP contribution in [-0.4, -0.2) is 15.5 Å². The fourth-order valence-electron chi connectivity index (χ4n) is 3.05. The Balaban J connectivity index is 1.58. The van der Waals surface area contributed by atoms with Crippen LogP contribution in [0, 0.1) is 6.92 Å². The molecular weight excluding hydrogens is 318 g/mol. The molecule has 0 saturated carbocycles. The van der Waals surface area contributed by atoms with E-state index in [4.69, 9.17) is 4.42 Å². The molecule has 25 heavy (non-hydrogen) atoms. The lowest BCUT2D eigenvalue weighted by Gasteiger charge is -2.07. The van der Waals surface area contributed by atoms with Crippen molar-refractivity contribution >= 4 is 28.6 Å². The second-order valence-corrected chi connectivity index (χ2v) is 6.09. The SMILES string of the molecule is Cc1ccc(/C=C/C(=O)Nc2ccc3nc4n(c(=O)c3c2)CCC4)o1. The number of hydrogen-bond donors (Lipinski definition) is 1. The number of aryl methyl sites for hydroxylation is 2. The monoisotopic (exact) mass is 335 g/mol. The van der Waals surface area contributed by atoms with Crippen LogP contribution in [0.15, 0.2) is 45.6 Å². The number of furan rings is 1. The highest BCUT2D eigenvalue weighted by molar-refractivity contribution is 6.02. The van der Waals surface area contributed by atoms with Crippen LogP contribution in [0.3, 0.4) is 0 Å². The van der Waals surface area contributed by atoms with Gasteiger partial charge in [-0.2, -0.15) is 0 Å². The molecule has 0 bridgehead atoms. The number of aromatic nitrogens is 2. The molecule has 0 unspecified atom stereocenters. The molecule has 6 heteroatoms. The summed E-state index contributed by atoms with van der Waals surface area (Å²) in [6.45, 7) is 2.55. The molecule has 0 fully saturated rings. The maximum Gasteiger partial charge on any atom is 0.261 e. The molecule has 1 N–H and O–H groups in total. The molecule has 6 nitrogen and oxygen atoms in total. The highest BCUT2D eigenvalue weighted by Crippen LogP contribution is 2.18. The predicted octanol–water partition coefficient (Wildman–Crippen LogP) is 2.90. The second-order valence-electron chi connectivity index (χ2n) is 6.09. The number of carbonyl (C=O) groups is 1. The summed E-state index contributed by atoms with van der Waals surface area (Å²) < 4.78 is 7.10. The largest absolute Gasteiger partial charge is 0.462 e. The van der Waals surface area contributed by atoms with Gasteiger partial charge in [-0.25, -0.2) is 4.98 Å². The molecule has 0 spiro atoms. The molecule has 0 aliphatic carbocycles. The van der Waals surface area contributed by atoms with E-state index in [2.05, 4.69) is 10.3 Å². The standard InChI is InChI=1S/C19H17N3O3/c1-12-4-6-14(25-12)7-9-18(23)20-13-5-8-16-15(11-13)19(24)22-10-2-3-17(22)21-16/h4-9,11H,2-3,10H2,1H3,(H,20,23)/b9-7+. The first-order valence-electron chi connectivity index (χ1n) is 8.19. The summed E-state index contributed by atoms with van der Waals surface area (Å²) in [5.41, 5.74) is 1.18. The van der Waals surface area contributed by atoms with E-state index in [0.717, 1.165) is 24.4 Å². The van der Waals surface area contributed by atoms with Crippen molar-refractivity contribution in [3.05, 3.63) is 64.1 Å². The summed E-state index contributed by atoms with van der Waals surface area (Å²) in [5, 5.41) is 3.29. The predicted molar refractivity (Wildman–Crippen MR) is 95.4 cm³/mol. The zero-order valence-electron chi connectivity index (χ0n) is 13.8. The van der Waals surface area contributed by atoms with Crippen molar-refractivity contribution in [2.45, 2.75) is 26.3 Å². The van der Waals surface area contributed by atoms with E-state index in [1.807, 2.05) is 13.0 Å². The second kappa shape index (κ2) is 6.05. The minimum Gasteiger partial charge on any atom is -0.462 e. The molecule has 1 aliphatic rings. The van der Waals surface area contributed by atoms with Crippen molar-refractivity contribution < 1.29 is 9.21 Å². The summed E-state index contributed by atoms with van der Waals surface area (Å²) in [6, 6.07) is 8.83. The van der Waals surface area contributed by atoms with Gasteiger partial charge in [-0.3, -0.25) is 14.2 Å². The zero-order chi connectivity index (χ0) is 17.4. The number of anilines is 1. The summed E-state index contributed by atoms with van der Waals surface area (Å²) >= 11 is 0. The van der Waals surface area contributed by atoms with Crippen LogP contribution >= 0.6 is 0 Å². The smallest absolute Gasteiger partial charge is 0.261 e. The first-order chi connectivity index (χ1) is 12.1. The van der Waals surface area contributed by atoms with Gasteiger partial charge in [-0.15, -0.1) is 0 Å². The van der Waals surface area contributed by atoms with Gasteiger partial charge < -0.3 is 9.73 Å². The van der Waals surface area contributed by atoms with Gasteiger partial charge in [0.1, 0.15) is 17.3 Å². The number of rotatable bonds is 3. The van der Waals surface area contributed by atoms with E-state index in [1.165, 1.54) is 6.08 Å². The summed E-state index contributed by atoms with van der Waals surface area (Å²) in [4.78, 5) is 29.2. The minimum atomic E-state index is -0.289. The summed E-state index contributed by atoms with van der Waals surface area (Å²) in [5.74, 6) is 1.95. The van der Waals surface area contributed by atoms with E-state index >= 15 is 0 Å². The average Bonchev–Trinajstić information content (AvgIpc) is 3.22. The van der Waals surface area contributed by atoms with Crippen LogP contribution in [0.25, 0.3) is 17.0 Å². The number of nitrogens with one attached hydrogen (secondary N) is 1. The summed E-state index contributed by atoms with van der Waals surface area (Å²) in [7, 11) is 0. The van der Waals surface area contributed by atoms with Crippen LogP contribution in [-0.2, 0) is 17.8 Å². The Kier molecular flexibility index (Phi) is 3.72. The topological polar surface area (TPSA) is 77.1 Å². The minimum absolute atomic E-state index is 0.0461. The molecular formula is C19H17N3O3. The molecule has 3 aromatic rings. The van der Waals surface area contributed by atoms with Crippen molar-refractivity contribution in [3.63, 3.8) is 0 Å². The Morgan fingerprint density at radius 3 is 3.00 bits per heavy atom. The van der Waals surface area contributed by atoms with Crippen molar-refractivity contribution in [1.82, 2.24) is 9.55 Å². The van der Waals surface area contributed by atoms with E-state index in [1.54, 1.807) is 34.9 Å². The first kappa shape index (κ1) is 15.4. The molecule has 4 rings (SSSR count). The van der Waals surface area contributed by atoms with Crippen LogP contribution in [0.4, 0.5) is 5.69 Å². The Morgan fingerprint density at radius 2 is 2.20 bits per heavy atom. The van der Waals surface area contributed by atoms with Gasteiger partial charge in [-0.05, 0) is 49.8 Å². The highest BCUT2D eigenvalue weighted by atomic mass is 16.3. The molecule has 1 amide bonds. The van der Waals surface area contributed by atoms with Crippen LogP contribution in [0.2, 0.25) is 0 Å². The van der Waals surface area contributed by atoms with Gasteiger partial charge in [0.15, 0.2) is 0 Å². The Hall–Kier alpha value is -3.15. The quantitative estimate of drug-likeness (QED) is 0.747. The van der Waals surface area contributed by atoms with Crippen molar-refractivity contribution in [3.8, 4) is 0 Å². The number of amides is 1. The van der Waals surface area contributed by atoms with Gasteiger partial charge in [-0.1, -0.05) is 0 Å². The van der Waals surface area contributed by atoms with Gasteiger partial charge in [0.05, 0.1) is 10.9 Å². The van der Waals surface area contributed by atoms with Crippen molar-refractivity contribution in [2.75, 3.05) is 5.32 Å². The molecule has 0 atom stereocenters. The average molecular weight is 335 g/mol. The van der Waals surface area contributed by atoms with E-state index in [9.17, 15) is 9.59 Å². The fraction of sp³-hybridized carbons (Fsp3) is 0.211. The lowest BCUT2D eigenvalue weighted by atomic mass is 10.2. The van der Waals surface area contributed by atoms with Gasteiger partial charge >= 0.3 is 0 Å². The molecule has 3 heterocycles. The zero-order valence-corrected chi connectivity index (χ0v) is 13.8. The molecule has 2 aromatic heterocycles. The Labute approximate surface area is 143 Å². The lowest BCUT2D eigenvalue weighted by molar-refractivity contribution is -0.111. The van der Waals surface area contributed by atoms with Gasteiger partial charge in [0.2, 0.25) is 5.91 Å². The number of nitrogens with zero attached hydrogens (tertiary/aromatic N) is 2. The maximum atomic E-state index is 12.6. The van der Waals surface area contributed by atoms with Gasteiger partial charge in [0.25, 0.3) is 5.56 Å². The van der Waals surface area contributed by atoms with E-state index < -0.39 is 0 Å². The van der Waals surface area contributed by atoms with Gasteiger partial charge in [0, 0.05) is 24.7 Å². The number of benzene rings is 1. The third-order valence-electron chi connectivity index (χ3n) is 4.24. The van der Waals surface area contributed by atoms with Crippen molar-refractivity contribution in [2.24, 2.45) is 0 Å². The van der Waals surface area contributed by atoms with Crippen molar-refractivity contribution in [1.29, 1.82) is 0 Å². The molecule has 0 saturated heterocycles. The number of fused-ring (bicyclic) bond motifs is 2. The molecule has 1 aliphatic heterocycles. The van der Waals surface area contributed by atoms with Crippen LogP contribution in [0.1, 0.15) is 23.8 Å². The maximum absolute atomic E-state index is 12.6. The Bertz CT molecular complexity index is 1060. The van der Waals surface area contributed by atoms with Crippen LogP contribution < -0.4 is 10.9 Å². The third-order valence-corrected chi connectivity index (χ3v) is 4.24. The molecule has 126 valence electrons. The number of carbonyl (C=O) groups excluding carboxylic acids is 1. The summed E-state index contributed by atoms with van der Waals surface area (Å²) in [6.07, 6.45) is 4.78. The van der Waals surface area contributed by atoms with Crippen LogP contribution in [0.5, 0.6) is 0 Å². The third kappa shape index (κ3) is 2.98. The first-order valence-corrected chi connectivity index (χ1v) is 8.19. The molecule has 0 radical (unpaired) electrons. The fourth-order valence-corrected chi connectivity index (χ4v) is 3.05. The van der Waals surface area contributed by atoms with E-state index in [0.29, 0.717) is 28.9 Å².